The lowest BCUT2D eigenvalue weighted by Crippen LogP contribution is -2.44. The minimum atomic E-state index is 0.148. The van der Waals surface area contributed by atoms with Crippen LogP contribution in [0.25, 0.3) is 0 Å². The molecule has 2 rings (SSSR count). The highest BCUT2D eigenvalue weighted by Gasteiger charge is 2.29. The van der Waals surface area contributed by atoms with Gasteiger partial charge in [-0.25, -0.2) is 0 Å². The number of nitrogens with one attached hydrogen (secondary N) is 1. The second-order valence-electron chi connectivity index (χ2n) is 6.12. The quantitative estimate of drug-likeness (QED) is 0.784. The molecule has 0 aromatic rings. The summed E-state index contributed by atoms with van der Waals surface area (Å²) < 4.78 is 0. The summed E-state index contributed by atoms with van der Waals surface area (Å²) in [5, 5.41) is 3.24. The molecule has 2 saturated carbocycles. The Hall–Kier alpha value is -0.860. The summed E-state index contributed by atoms with van der Waals surface area (Å²) in [5.74, 6) is 1.20. The van der Waals surface area contributed by atoms with Crippen LogP contribution < -0.4 is 5.32 Å². The average Bonchev–Trinajstić information content (AvgIpc) is 2.41. The first-order valence-corrected chi connectivity index (χ1v) is 7.46. The van der Waals surface area contributed by atoms with E-state index in [0.717, 1.165) is 38.4 Å². The van der Waals surface area contributed by atoms with Crippen molar-refractivity contribution in [3.05, 3.63) is 0 Å². The molecule has 1 N–H and O–H groups in total. The van der Waals surface area contributed by atoms with Gasteiger partial charge >= 0.3 is 0 Å². The van der Waals surface area contributed by atoms with Crippen LogP contribution in [0.4, 0.5) is 0 Å². The van der Waals surface area contributed by atoms with Gasteiger partial charge in [-0.1, -0.05) is 19.8 Å². The molecule has 0 spiro atoms. The predicted molar refractivity (Wildman–Crippen MR) is 71.1 cm³/mol. The molecule has 0 heterocycles. The molecule has 0 aromatic heterocycles. The summed E-state index contributed by atoms with van der Waals surface area (Å²) in [4.78, 5) is 22.9. The SMILES string of the molecule is CC1CCCCC1NC(=O)C1CCC(C=O)CC1. The number of carbonyl (C=O) groups is 2. The van der Waals surface area contributed by atoms with Crippen LogP contribution in [0.1, 0.15) is 58.3 Å². The summed E-state index contributed by atoms with van der Waals surface area (Å²) >= 11 is 0. The van der Waals surface area contributed by atoms with Crippen molar-refractivity contribution in [2.24, 2.45) is 17.8 Å². The largest absolute Gasteiger partial charge is 0.353 e. The zero-order valence-electron chi connectivity index (χ0n) is 11.4. The van der Waals surface area contributed by atoms with E-state index < -0.39 is 0 Å². The molecule has 3 nitrogen and oxygen atoms in total. The van der Waals surface area contributed by atoms with Crippen LogP contribution in [0.15, 0.2) is 0 Å². The van der Waals surface area contributed by atoms with Crippen LogP contribution in [-0.4, -0.2) is 18.2 Å². The van der Waals surface area contributed by atoms with Crippen molar-refractivity contribution >= 4 is 12.2 Å². The Morgan fingerprint density at radius 2 is 1.72 bits per heavy atom. The Morgan fingerprint density at radius 1 is 1.06 bits per heavy atom. The topological polar surface area (TPSA) is 46.2 Å². The maximum Gasteiger partial charge on any atom is 0.223 e. The van der Waals surface area contributed by atoms with E-state index in [9.17, 15) is 9.59 Å². The monoisotopic (exact) mass is 251 g/mol. The van der Waals surface area contributed by atoms with Gasteiger partial charge in [0.2, 0.25) is 5.91 Å². The second-order valence-corrected chi connectivity index (χ2v) is 6.12. The molecule has 0 radical (unpaired) electrons. The van der Waals surface area contributed by atoms with Gasteiger partial charge in [-0.3, -0.25) is 4.79 Å². The van der Waals surface area contributed by atoms with Gasteiger partial charge in [-0.15, -0.1) is 0 Å². The lowest BCUT2D eigenvalue weighted by Gasteiger charge is -2.32. The Kier molecular flexibility index (Phi) is 4.79. The minimum absolute atomic E-state index is 0.148. The summed E-state index contributed by atoms with van der Waals surface area (Å²) in [6.45, 7) is 2.24. The molecule has 0 saturated heterocycles. The Labute approximate surface area is 110 Å². The Bertz CT molecular complexity index is 295. The van der Waals surface area contributed by atoms with Gasteiger partial charge in [0.1, 0.15) is 6.29 Å². The van der Waals surface area contributed by atoms with Crippen molar-refractivity contribution < 1.29 is 9.59 Å². The van der Waals surface area contributed by atoms with Crippen molar-refractivity contribution in [1.82, 2.24) is 5.32 Å². The number of amides is 1. The molecular formula is C15H25NO2. The first-order valence-electron chi connectivity index (χ1n) is 7.46. The third-order valence-corrected chi connectivity index (χ3v) is 4.77. The first-order chi connectivity index (χ1) is 8.70. The summed E-state index contributed by atoms with van der Waals surface area (Å²) in [6, 6.07) is 0.384. The highest BCUT2D eigenvalue weighted by Crippen LogP contribution is 2.29. The van der Waals surface area contributed by atoms with Gasteiger partial charge in [0.25, 0.3) is 0 Å². The molecule has 102 valence electrons. The highest BCUT2D eigenvalue weighted by molar-refractivity contribution is 5.79. The minimum Gasteiger partial charge on any atom is -0.353 e. The Morgan fingerprint density at radius 3 is 2.33 bits per heavy atom. The van der Waals surface area contributed by atoms with Crippen molar-refractivity contribution in [3.63, 3.8) is 0 Å². The molecule has 18 heavy (non-hydrogen) atoms. The van der Waals surface area contributed by atoms with E-state index in [0.29, 0.717) is 12.0 Å². The van der Waals surface area contributed by atoms with Gasteiger partial charge in [0.15, 0.2) is 0 Å². The molecule has 0 aliphatic heterocycles. The molecule has 2 atom stereocenters. The van der Waals surface area contributed by atoms with E-state index in [1.54, 1.807) is 0 Å². The van der Waals surface area contributed by atoms with Crippen LogP contribution in [0, 0.1) is 17.8 Å². The number of hydrogen-bond acceptors (Lipinski definition) is 2. The molecule has 1 amide bonds. The van der Waals surface area contributed by atoms with Crippen LogP contribution in [0.3, 0.4) is 0 Å². The molecule has 2 unspecified atom stereocenters. The predicted octanol–water partition coefficient (Wildman–Crippen LogP) is 2.69. The third-order valence-electron chi connectivity index (χ3n) is 4.77. The molecule has 2 aliphatic carbocycles. The number of hydrogen-bond donors (Lipinski definition) is 1. The van der Waals surface area contributed by atoms with E-state index >= 15 is 0 Å². The summed E-state index contributed by atoms with van der Waals surface area (Å²) in [7, 11) is 0. The van der Waals surface area contributed by atoms with E-state index in [1.165, 1.54) is 19.3 Å². The lowest BCUT2D eigenvalue weighted by atomic mass is 9.81. The average molecular weight is 251 g/mol. The molecule has 2 fully saturated rings. The van der Waals surface area contributed by atoms with E-state index in [1.807, 2.05) is 0 Å². The smallest absolute Gasteiger partial charge is 0.223 e. The van der Waals surface area contributed by atoms with Gasteiger partial charge in [0.05, 0.1) is 0 Å². The van der Waals surface area contributed by atoms with Crippen molar-refractivity contribution in [2.75, 3.05) is 0 Å². The molecule has 0 bridgehead atoms. The standard InChI is InChI=1S/C15H25NO2/c1-11-4-2-3-5-14(11)16-15(18)13-8-6-12(10-17)7-9-13/h10-14H,2-9H2,1H3,(H,16,18). The number of rotatable bonds is 3. The number of aldehydes is 1. The molecule has 3 heteroatoms. The fourth-order valence-corrected chi connectivity index (χ4v) is 3.35. The van der Waals surface area contributed by atoms with Gasteiger partial charge in [-0.05, 0) is 44.4 Å². The molecule has 0 aromatic carbocycles. The molecular weight excluding hydrogens is 226 g/mol. The van der Waals surface area contributed by atoms with Gasteiger partial charge in [0, 0.05) is 17.9 Å². The maximum atomic E-state index is 12.2. The first kappa shape index (κ1) is 13.6. The normalized spacial score (nSPS) is 36.9. The zero-order valence-corrected chi connectivity index (χ0v) is 11.4. The highest BCUT2D eigenvalue weighted by atomic mass is 16.2. The van der Waals surface area contributed by atoms with Gasteiger partial charge in [-0.2, -0.15) is 0 Å². The van der Waals surface area contributed by atoms with Crippen LogP contribution in [0.2, 0.25) is 0 Å². The van der Waals surface area contributed by atoms with Crippen molar-refractivity contribution in [2.45, 2.75) is 64.3 Å². The van der Waals surface area contributed by atoms with Crippen LogP contribution in [-0.2, 0) is 9.59 Å². The fraction of sp³-hybridized carbons (Fsp3) is 0.867. The Balaban J connectivity index is 1.79. The van der Waals surface area contributed by atoms with E-state index in [4.69, 9.17) is 0 Å². The third kappa shape index (κ3) is 3.33. The zero-order chi connectivity index (χ0) is 13.0. The number of carbonyl (C=O) groups excluding carboxylic acids is 2. The van der Waals surface area contributed by atoms with Crippen molar-refractivity contribution in [3.8, 4) is 0 Å². The molecule has 2 aliphatic rings. The summed E-state index contributed by atoms with van der Waals surface area (Å²) in [6.07, 6.45) is 9.53. The van der Waals surface area contributed by atoms with E-state index in [2.05, 4.69) is 12.2 Å². The van der Waals surface area contributed by atoms with E-state index in [-0.39, 0.29) is 17.7 Å². The van der Waals surface area contributed by atoms with Crippen molar-refractivity contribution in [1.29, 1.82) is 0 Å². The van der Waals surface area contributed by atoms with Gasteiger partial charge < -0.3 is 10.1 Å². The fourth-order valence-electron chi connectivity index (χ4n) is 3.35. The van der Waals surface area contributed by atoms with Crippen LogP contribution in [0.5, 0.6) is 0 Å². The lowest BCUT2D eigenvalue weighted by molar-refractivity contribution is -0.128. The maximum absolute atomic E-state index is 12.2. The second kappa shape index (κ2) is 6.35. The summed E-state index contributed by atoms with van der Waals surface area (Å²) in [5.41, 5.74) is 0. The van der Waals surface area contributed by atoms with Crippen LogP contribution >= 0.6 is 0 Å².